The van der Waals surface area contributed by atoms with Crippen LogP contribution in [0.15, 0.2) is 41.4 Å². The number of sulfonamides is 1. The van der Waals surface area contributed by atoms with Gasteiger partial charge in [-0.15, -0.1) is 0 Å². The molecule has 6 nitrogen and oxygen atoms in total. The van der Waals surface area contributed by atoms with Crippen molar-refractivity contribution in [2.45, 2.75) is 24.0 Å². The van der Waals surface area contributed by atoms with Crippen molar-refractivity contribution in [1.29, 1.82) is 0 Å². The summed E-state index contributed by atoms with van der Waals surface area (Å²) in [7, 11) is -2.25. The molecule has 0 saturated carbocycles. The molecule has 0 aliphatic rings. The van der Waals surface area contributed by atoms with Crippen LogP contribution in [0.3, 0.4) is 0 Å². The molecule has 0 fully saturated rings. The summed E-state index contributed by atoms with van der Waals surface area (Å²) in [5.41, 5.74) is -0.359. The van der Waals surface area contributed by atoms with Gasteiger partial charge in [0.2, 0.25) is 16.0 Å². The Bertz CT molecular complexity index is 823. The predicted octanol–water partition coefficient (Wildman–Crippen LogP) is 2.34. The van der Waals surface area contributed by atoms with E-state index in [4.69, 9.17) is 5.14 Å². The number of nitrogens with two attached hydrogens (primary N) is 1. The first-order valence-electron chi connectivity index (χ1n) is 6.76. The summed E-state index contributed by atoms with van der Waals surface area (Å²) in [6.07, 6.45) is -3.52. The molecule has 0 radical (unpaired) electrons. The van der Waals surface area contributed by atoms with Gasteiger partial charge in [-0.2, -0.15) is 13.2 Å². The van der Waals surface area contributed by atoms with Crippen molar-refractivity contribution in [3.05, 3.63) is 47.8 Å². The summed E-state index contributed by atoms with van der Waals surface area (Å²) in [5.74, 6) is -0.0900. The van der Waals surface area contributed by atoms with E-state index in [0.29, 0.717) is 5.56 Å². The molecule has 2 rings (SSSR count). The van der Waals surface area contributed by atoms with Gasteiger partial charge in [0, 0.05) is 13.2 Å². The molecule has 2 aromatic rings. The van der Waals surface area contributed by atoms with Crippen LogP contribution in [-0.4, -0.2) is 25.4 Å². The van der Waals surface area contributed by atoms with Crippen molar-refractivity contribution >= 4 is 16.0 Å². The molecule has 1 aromatic heterocycles. The van der Waals surface area contributed by atoms with Gasteiger partial charge in [0.25, 0.3) is 0 Å². The van der Waals surface area contributed by atoms with Gasteiger partial charge < -0.3 is 4.90 Å². The van der Waals surface area contributed by atoms with E-state index in [2.05, 4.69) is 9.97 Å². The van der Waals surface area contributed by atoms with Crippen LogP contribution in [0.25, 0.3) is 0 Å². The van der Waals surface area contributed by atoms with Gasteiger partial charge >= 0.3 is 6.18 Å². The lowest BCUT2D eigenvalue weighted by atomic mass is 10.1. The number of hydrogen-bond acceptors (Lipinski definition) is 5. The van der Waals surface area contributed by atoms with Crippen molar-refractivity contribution in [2.75, 3.05) is 11.9 Å². The lowest BCUT2D eigenvalue weighted by Crippen LogP contribution is -2.25. The molecule has 24 heavy (non-hydrogen) atoms. The lowest BCUT2D eigenvalue weighted by Gasteiger charge is -2.25. The monoisotopic (exact) mass is 360 g/mol. The van der Waals surface area contributed by atoms with Crippen molar-refractivity contribution in [2.24, 2.45) is 5.14 Å². The van der Waals surface area contributed by atoms with Gasteiger partial charge in [-0.05, 0) is 30.7 Å². The third-order valence-electron chi connectivity index (χ3n) is 3.52. The zero-order valence-electron chi connectivity index (χ0n) is 12.8. The predicted molar refractivity (Wildman–Crippen MR) is 81.7 cm³/mol. The first-order valence-corrected chi connectivity index (χ1v) is 8.30. The third kappa shape index (κ3) is 4.01. The molecule has 2 N–H and O–H groups in total. The van der Waals surface area contributed by atoms with E-state index in [1.54, 1.807) is 14.0 Å². The van der Waals surface area contributed by atoms with Crippen molar-refractivity contribution in [3.63, 3.8) is 0 Å². The maximum Gasteiger partial charge on any atom is 0.433 e. The van der Waals surface area contributed by atoms with Crippen LogP contribution in [-0.2, 0) is 16.2 Å². The lowest BCUT2D eigenvalue weighted by molar-refractivity contribution is -0.141. The fourth-order valence-electron chi connectivity index (χ4n) is 2.01. The van der Waals surface area contributed by atoms with E-state index < -0.39 is 21.9 Å². The minimum Gasteiger partial charge on any atom is -0.337 e. The quantitative estimate of drug-likeness (QED) is 0.904. The molecule has 1 aromatic carbocycles. The molecular formula is C14H15F3N4O2S. The van der Waals surface area contributed by atoms with E-state index >= 15 is 0 Å². The van der Waals surface area contributed by atoms with Crippen LogP contribution in [0.2, 0.25) is 0 Å². The largest absolute Gasteiger partial charge is 0.433 e. The van der Waals surface area contributed by atoms with E-state index in [1.807, 2.05) is 0 Å². The Labute approximate surface area is 137 Å². The molecule has 0 aliphatic heterocycles. The fraction of sp³-hybridized carbons (Fsp3) is 0.286. The highest BCUT2D eigenvalue weighted by atomic mass is 32.2. The maximum atomic E-state index is 12.7. The van der Waals surface area contributed by atoms with E-state index in [0.717, 1.165) is 12.3 Å². The van der Waals surface area contributed by atoms with Crippen molar-refractivity contribution < 1.29 is 21.6 Å². The number of halogens is 3. The summed E-state index contributed by atoms with van der Waals surface area (Å²) in [5, 5.41) is 5.03. The Kier molecular flexibility index (Phi) is 4.81. The minimum absolute atomic E-state index is 0.0450. The van der Waals surface area contributed by atoms with Crippen LogP contribution in [0, 0.1) is 0 Å². The molecule has 130 valence electrons. The number of hydrogen-bond donors (Lipinski definition) is 1. The summed E-state index contributed by atoms with van der Waals surface area (Å²) in [6.45, 7) is 1.73. The zero-order chi connectivity index (χ0) is 18.1. The van der Waals surface area contributed by atoms with Crippen LogP contribution in [0.1, 0.15) is 24.2 Å². The van der Waals surface area contributed by atoms with E-state index in [-0.39, 0.29) is 16.9 Å². The molecule has 1 heterocycles. The highest BCUT2D eigenvalue weighted by molar-refractivity contribution is 7.89. The highest BCUT2D eigenvalue weighted by Gasteiger charge is 2.33. The second-order valence-corrected chi connectivity index (χ2v) is 6.70. The number of anilines is 1. The third-order valence-corrected chi connectivity index (χ3v) is 4.45. The first kappa shape index (κ1) is 18.1. The molecule has 0 saturated heterocycles. The van der Waals surface area contributed by atoms with Crippen LogP contribution < -0.4 is 10.0 Å². The number of rotatable bonds is 4. The molecule has 0 aliphatic carbocycles. The Morgan fingerprint density at radius 3 is 2.25 bits per heavy atom. The van der Waals surface area contributed by atoms with Crippen LogP contribution in [0.4, 0.5) is 19.1 Å². The molecule has 0 spiro atoms. The van der Waals surface area contributed by atoms with Gasteiger partial charge in [0.05, 0.1) is 10.9 Å². The Morgan fingerprint density at radius 2 is 1.75 bits per heavy atom. The summed E-state index contributed by atoms with van der Waals surface area (Å²) < 4.78 is 60.7. The number of benzene rings is 1. The van der Waals surface area contributed by atoms with Gasteiger partial charge in [0.1, 0.15) is 5.69 Å². The summed E-state index contributed by atoms with van der Waals surface area (Å²) in [4.78, 5) is 8.79. The Balaban J connectivity index is 2.28. The van der Waals surface area contributed by atoms with E-state index in [9.17, 15) is 21.6 Å². The van der Waals surface area contributed by atoms with Crippen LogP contribution >= 0.6 is 0 Å². The molecule has 0 bridgehead atoms. The summed E-state index contributed by atoms with van der Waals surface area (Å²) in [6, 6.07) is 6.15. The average molecular weight is 360 g/mol. The van der Waals surface area contributed by atoms with Gasteiger partial charge in [-0.3, -0.25) is 0 Å². The number of nitrogens with zero attached hydrogens (tertiary/aromatic N) is 3. The van der Waals surface area contributed by atoms with Gasteiger partial charge in [0.15, 0.2) is 0 Å². The zero-order valence-corrected chi connectivity index (χ0v) is 13.6. The Hall–Kier alpha value is -2.20. The fourth-order valence-corrected chi connectivity index (χ4v) is 2.52. The maximum absolute atomic E-state index is 12.7. The molecule has 0 amide bonds. The van der Waals surface area contributed by atoms with Crippen LogP contribution in [0.5, 0.6) is 0 Å². The van der Waals surface area contributed by atoms with E-state index in [1.165, 1.54) is 29.2 Å². The normalized spacial score (nSPS) is 13.6. The molecule has 1 atom stereocenters. The molecule has 0 unspecified atom stereocenters. The first-order chi connectivity index (χ1) is 11.0. The molecular weight excluding hydrogens is 345 g/mol. The average Bonchev–Trinajstić information content (AvgIpc) is 2.52. The minimum atomic E-state index is -4.56. The molecule has 10 heteroatoms. The Morgan fingerprint density at radius 1 is 1.17 bits per heavy atom. The smallest absolute Gasteiger partial charge is 0.337 e. The van der Waals surface area contributed by atoms with Crippen molar-refractivity contribution in [3.8, 4) is 0 Å². The SMILES string of the molecule is C[C@H](c1ccc(S(N)(=O)=O)cc1)N(C)c1nccc(C(F)(F)F)n1. The number of primary sulfonamides is 1. The number of aromatic nitrogens is 2. The number of alkyl halides is 3. The second kappa shape index (κ2) is 6.36. The van der Waals surface area contributed by atoms with Crippen molar-refractivity contribution in [1.82, 2.24) is 9.97 Å². The summed E-state index contributed by atoms with van der Waals surface area (Å²) >= 11 is 0. The standard InChI is InChI=1S/C14H15F3N4O2S/c1-9(10-3-5-11(6-4-10)24(18,22)23)21(2)13-19-8-7-12(20-13)14(15,16)17/h3-9H,1-2H3,(H2,18,22,23)/t9-/m1/s1. The highest BCUT2D eigenvalue weighted by Crippen LogP contribution is 2.29. The topological polar surface area (TPSA) is 89.2 Å². The van der Waals surface area contributed by atoms with Gasteiger partial charge in [-0.1, -0.05) is 12.1 Å². The van der Waals surface area contributed by atoms with Gasteiger partial charge in [-0.25, -0.2) is 23.5 Å². The second-order valence-electron chi connectivity index (χ2n) is 5.14.